The second-order valence-corrected chi connectivity index (χ2v) is 4.38. The van der Waals surface area contributed by atoms with Crippen LogP contribution in [-0.2, 0) is 0 Å². The van der Waals surface area contributed by atoms with Gasteiger partial charge in [-0.15, -0.1) is 10.2 Å². The Kier molecular flexibility index (Phi) is 3.53. The Morgan fingerprint density at radius 3 is 2.67 bits per heavy atom. The first kappa shape index (κ1) is 12.4. The molecule has 0 spiro atoms. The van der Waals surface area contributed by atoms with Crippen molar-refractivity contribution in [3.8, 4) is 0 Å². The highest BCUT2D eigenvalue weighted by Crippen LogP contribution is 2.28. The summed E-state index contributed by atoms with van der Waals surface area (Å²) in [6, 6.07) is 5.14. The molecule has 0 aliphatic carbocycles. The normalized spacial score (nSPS) is 15.4. The van der Waals surface area contributed by atoms with Crippen LogP contribution < -0.4 is 5.73 Å². The van der Waals surface area contributed by atoms with Gasteiger partial charge < -0.3 is 15.5 Å². The van der Waals surface area contributed by atoms with Crippen LogP contribution in [0.2, 0.25) is 5.02 Å². The van der Waals surface area contributed by atoms with E-state index in [0.29, 0.717) is 16.4 Å². The molecule has 1 aliphatic heterocycles. The van der Waals surface area contributed by atoms with Crippen LogP contribution in [0.3, 0.4) is 0 Å². The molecule has 0 saturated carbocycles. The molecule has 2 rings (SSSR count). The van der Waals surface area contributed by atoms with Gasteiger partial charge in [0.1, 0.15) is 5.69 Å². The van der Waals surface area contributed by atoms with Crippen LogP contribution in [0, 0.1) is 0 Å². The zero-order valence-electron chi connectivity index (χ0n) is 10.2. The quantitative estimate of drug-likeness (QED) is 0.659. The zero-order chi connectivity index (χ0) is 13.1. The summed E-state index contributed by atoms with van der Waals surface area (Å²) < 4.78 is 0. The smallest absolute Gasteiger partial charge is 0.171 e. The number of azo groups is 1. The highest BCUT2D eigenvalue weighted by atomic mass is 35.5. The molecule has 18 heavy (non-hydrogen) atoms. The molecule has 1 aromatic carbocycles. The summed E-state index contributed by atoms with van der Waals surface area (Å²) in [5, 5.41) is 8.78. The third-order valence-corrected chi connectivity index (χ3v) is 2.74. The number of nitrogen functional groups attached to an aromatic ring is 1. The number of nitrogens with zero attached hydrogens (tertiary/aromatic N) is 4. The number of halogens is 1. The van der Waals surface area contributed by atoms with Gasteiger partial charge in [-0.3, -0.25) is 0 Å². The van der Waals surface area contributed by atoms with E-state index in [2.05, 4.69) is 10.2 Å². The Balaban J connectivity index is 2.20. The van der Waals surface area contributed by atoms with Gasteiger partial charge in [-0.05, 0) is 18.2 Å². The Hall–Kier alpha value is -2.01. The maximum atomic E-state index is 6.02. The molecule has 2 N–H and O–H groups in total. The fourth-order valence-electron chi connectivity index (χ4n) is 1.40. The van der Waals surface area contributed by atoms with Crippen molar-refractivity contribution in [2.75, 3.05) is 19.8 Å². The lowest BCUT2D eigenvalue weighted by molar-refractivity contribution is 0.471. The minimum atomic E-state index is 0.488. The van der Waals surface area contributed by atoms with E-state index < -0.39 is 0 Å². The van der Waals surface area contributed by atoms with Crippen LogP contribution in [0.5, 0.6) is 0 Å². The van der Waals surface area contributed by atoms with E-state index in [4.69, 9.17) is 17.3 Å². The molecule has 0 fully saturated rings. The molecular weight excluding hydrogens is 250 g/mol. The molecule has 0 aromatic heterocycles. The molecule has 6 heteroatoms. The zero-order valence-corrected chi connectivity index (χ0v) is 11.0. The minimum Gasteiger partial charge on any atom is -0.399 e. The Labute approximate surface area is 111 Å². The first-order valence-electron chi connectivity index (χ1n) is 5.38. The molecule has 0 saturated heterocycles. The molecule has 0 atom stereocenters. The first-order valence-corrected chi connectivity index (χ1v) is 5.76. The van der Waals surface area contributed by atoms with Crippen molar-refractivity contribution in [1.82, 2.24) is 9.80 Å². The van der Waals surface area contributed by atoms with Crippen LogP contribution in [0.15, 0.2) is 52.8 Å². The Bertz CT molecular complexity index is 535. The molecule has 94 valence electrons. The van der Waals surface area contributed by atoms with Gasteiger partial charge in [0.15, 0.2) is 5.82 Å². The fraction of sp³-hybridized carbons (Fsp3) is 0.167. The Morgan fingerprint density at radius 2 is 1.94 bits per heavy atom. The van der Waals surface area contributed by atoms with Crippen LogP contribution in [-0.4, -0.2) is 23.9 Å². The van der Waals surface area contributed by atoms with Crippen LogP contribution in [0.25, 0.3) is 0 Å². The van der Waals surface area contributed by atoms with Gasteiger partial charge in [0.2, 0.25) is 0 Å². The average Bonchev–Trinajstić information content (AvgIpc) is 2.32. The summed E-state index contributed by atoms with van der Waals surface area (Å²) in [6.45, 7) is 0. The monoisotopic (exact) mass is 263 g/mol. The van der Waals surface area contributed by atoms with Crippen LogP contribution in [0.4, 0.5) is 11.4 Å². The number of hydrogen-bond acceptors (Lipinski definition) is 5. The number of benzene rings is 1. The molecule has 0 unspecified atom stereocenters. The molecule has 1 aliphatic rings. The predicted octanol–water partition coefficient (Wildman–Crippen LogP) is 3.15. The van der Waals surface area contributed by atoms with Crippen molar-refractivity contribution in [2.24, 2.45) is 10.2 Å². The Morgan fingerprint density at radius 1 is 1.17 bits per heavy atom. The van der Waals surface area contributed by atoms with Gasteiger partial charge >= 0.3 is 0 Å². The van der Waals surface area contributed by atoms with E-state index in [-0.39, 0.29) is 0 Å². The lowest BCUT2D eigenvalue weighted by Crippen LogP contribution is -2.18. The van der Waals surface area contributed by atoms with Gasteiger partial charge in [0, 0.05) is 38.4 Å². The summed E-state index contributed by atoms with van der Waals surface area (Å²) in [5.41, 5.74) is 6.82. The second kappa shape index (κ2) is 5.10. The third-order valence-electron chi connectivity index (χ3n) is 2.44. The van der Waals surface area contributed by atoms with Gasteiger partial charge in [0.05, 0.1) is 5.02 Å². The summed E-state index contributed by atoms with van der Waals surface area (Å²) >= 11 is 6.02. The molecule has 5 nitrogen and oxygen atoms in total. The van der Waals surface area contributed by atoms with E-state index in [1.807, 2.05) is 42.5 Å². The largest absolute Gasteiger partial charge is 0.399 e. The molecule has 1 heterocycles. The fourth-order valence-corrected chi connectivity index (χ4v) is 1.63. The summed E-state index contributed by atoms with van der Waals surface area (Å²) in [5.74, 6) is 0.730. The SMILES string of the molecule is CN1C=CN(C)C(N=Nc2ccc(N)cc2Cl)=C1. The van der Waals surface area contributed by atoms with Gasteiger partial charge in [-0.25, -0.2) is 0 Å². The molecule has 0 amide bonds. The van der Waals surface area contributed by atoms with Crippen molar-refractivity contribution in [1.29, 1.82) is 0 Å². The standard InChI is InChI=1S/C12H14ClN5/c1-17-5-6-18(2)12(8-17)16-15-11-4-3-9(14)7-10(11)13/h3-8H,14H2,1-2H3. The van der Waals surface area contributed by atoms with Gasteiger partial charge in [-0.2, -0.15) is 0 Å². The molecular formula is C12H14ClN5. The van der Waals surface area contributed by atoms with E-state index in [1.165, 1.54) is 0 Å². The van der Waals surface area contributed by atoms with E-state index >= 15 is 0 Å². The second-order valence-electron chi connectivity index (χ2n) is 3.97. The highest BCUT2D eigenvalue weighted by molar-refractivity contribution is 6.33. The third kappa shape index (κ3) is 2.81. The van der Waals surface area contributed by atoms with Crippen molar-refractivity contribution in [3.63, 3.8) is 0 Å². The van der Waals surface area contributed by atoms with Gasteiger partial charge in [-0.1, -0.05) is 11.6 Å². The van der Waals surface area contributed by atoms with Crippen LogP contribution >= 0.6 is 11.6 Å². The molecule has 0 bridgehead atoms. The molecule has 0 radical (unpaired) electrons. The van der Waals surface area contributed by atoms with Crippen molar-refractivity contribution >= 4 is 23.0 Å². The maximum absolute atomic E-state index is 6.02. The van der Waals surface area contributed by atoms with E-state index in [9.17, 15) is 0 Å². The van der Waals surface area contributed by atoms with Crippen LogP contribution in [0.1, 0.15) is 0 Å². The number of anilines is 1. The number of nitrogens with two attached hydrogens (primary N) is 1. The van der Waals surface area contributed by atoms with Crippen molar-refractivity contribution < 1.29 is 0 Å². The van der Waals surface area contributed by atoms with Gasteiger partial charge in [0.25, 0.3) is 0 Å². The summed E-state index contributed by atoms with van der Waals surface area (Å²) in [6.07, 6.45) is 5.70. The summed E-state index contributed by atoms with van der Waals surface area (Å²) in [4.78, 5) is 3.77. The summed E-state index contributed by atoms with van der Waals surface area (Å²) in [7, 11) is 3.83. The topological polar surface area (TPSA) is 57.2 Å². The number of hydrogen-bond donors (Lipinski definition) is 1. The lowest BCUT2D eigenvalue weighted by atomic mass is 10.3. The van der Waals surface area contributed by atoms with E-state index in [0.717, 1.165) is 5.82 Å². The van der Waals surface area contributed by atoms with E-state index in [1.54, 1.807) is 18.2 Å². The lowest BCUT2D eigenvalue weighted by Gasteiger charge is -2.21. The minimum absolute atomic E-state index is 0.488. The maximum Gasteiger partial charge on any atom is 0.171 e. The van der Waals surface area contributed by atoms with Crippen molar-refractivity contribution in [2.45, 2.75) is 0 Å². The molecule has 1 aromatic rings. The highest BCUT2D eigenvalue weighted by Gasteiger charge is 2.07. The number of rotatable bonds is 2. The average molecular weight is 264 g/mol. The predicted molar refractivity (Wildman–Crippen MR) is 73.1 cm³/mol. The first-order chi connectivity index (χ1) is 8.56. The van der Waals surface area contributed by atoms with Crippen molar-refractivity contribution in [3.05, 3.63) is 47.6 Å².